The van der Waals surface area contributed by atoms with E-state index < -0.39 is 17.7 Å². The van der Waals surface area contributed by atoms with Crippen LogP contribution in [-0.4, -0.2) is 14.1 Å². The molecular formula is C15H13Cl3F3N. The van der Waals surface area contributed by atoms with Crippen molar-refractivity contribution in [3.63, 3.8) is 0 Å². The van der Waals surface area contributed by atoms with Crippen molar-refractivity contribution in [3.8, 4) is 0 Å². The van der Waals surface area contributed by atoms with E-state index in [-0.39, 0.29) is 10.1 Å². The normalized spacial score (nSPS) is 19.3. The fraction of sp³-hybridized carbons (Fsp3) is 0.333. The Labute approximate surface area is 141 Å². The van der Waals surface area contributed by atoms with Gasteiger partial charge in [0.15, 0.2) is 0 Å². The van der Waals surface area contributed by atoms with Crippen molar-refractivity contribution in [2.45, 2.75) is 18.5 Å². The maximum atomic E-state index is 13.0. The van der Waals surface area contributed by atoms with E-state index in [1.54, 1.807) is 25.1 Å². The molecule has 0 fully saturated rings. The monoisotopic (exact) mass is 369 g/mol. The molecule has 0 aromatic heterocycles. The van der Waals surface area contributed by atoms with E-state index in [0.29, 0.717) is 22.7 Å². The van der Waals surface area contributed by atoms with Crippen molar-refractivity contribution in [2.75, 3.05) is 19.0 Å². The third-order valence-corrected chi connectivity index (χ3v) is 4.87. The van der Waals surface area contributed by atoms with E-state index in [1.165, 1.54) is 6.07 Å². The molecule has 0 heterocycles. The standard InChI is InChI=1S/C15H13Cl3F3N/c1-22(2)12-6-3-8(15(19,20)21)7-10(12)9-4-5-11(16)14(18)13(9)17/h3,5-7,9H,4H2,1-2H3. The van der Waals surface area contributed by atoms with Crippen LogP contribution in [-0.2, 0) is 6.18 Å². The van der Waals surface area contributed by atoms with Crippen LogP contribution >= 0.6 is 34.8 Å². The van der Waals surface area contributed by atoms with Gasteiger partial charge in [-0.05, 0) is 30.2 Å². The summed E-state index contributed by atoms with van der Waals surface area (Å²) in [6.07, 6.45) is -2.35. The van der Waals surface area contributed by atoms with Crippen LogP contribution in [0.15, 0.2) is 39.4 Å². The van der Waals surface area contributed by atoms with Crippen molar-refractivity contribution in [2.24, 2.45) is 0 Å². The number of benzene rings is 1. The molecule has 0 N–H and O–H groups in total. The molecule has 0 saturated carbocycles. The third-order valence-electron chi connectivity index (χ3n) is 3.47. The van der Waals surface area contributed by atoms with Crippen molar-refractivity contribution < 1.29 is 13.2 Å². The van der Waals surface area contributed by atoms with E-state index in [9.17, 15) is 13.2 Å². The van der Waals surface area contributed by atoms with Crippen molar-refractivity contribution >= 4 is 40.5 Å². The van der Waals surface area contributed by atoms with Gasteiger partial charge in [-0.3, -0.25) is 0 Å². The van der Waals surface area contributed by atoms with Gasteiger partial charge in [-0.25, -0.2) is 0 Å². The van der Waals surface area contributed by atoms with E-state index in [4.69, 9.17) is 34.8 Å². The number of allylic oxidation sites excluding steroid dienone is 4. The SMILES string of the molecule is CN(C)c1ccc(C(F)(F)F)cc1C1CC=C(Cl)C(Cl)=C1Cl. The van der Waals surface area contributed by atoms with E-state index >= 15 is 0 Å². The number of halogens is 6. The minimum atomic E-state index is -4.41. The Morgan fingerprint density at radius 3 is 2.32 bits per heavy atom. The third kappa shape index (κ3) is 3.39. The molecule has 1 atom stereocenters. The molecule has 0 radical (unpaired) electrons. The van der Waals surface area contributed by atoms with Crippen LogP contribution in [0.25, 0.3) is 0 Å². The lowest BCUT2D eigenvalue weighted by Crippen LogP contribution is -2.16. The Bertz CT molecular complexity index is 648. The Kier molecular flexibility index (Phi) is 5.05. The summed E-state index contributed by atoms with van der Waals surface area (Å²) in [5, 5.41) is 0.764. The smallest absolute Gasteiger partial charge is 0.377 e. The van der Waals surface area contributed by atoms with Crippen molar-refractivity contribution in [1.82, 2.24) is 0 Å². The van der Waals surface area contributed by atoms with Crippen LogP contribution < -0.4 is 4.90 Å². The second-order valence-electron chi connectivity index (χ2n) is 5.17. The zero-order chi connectivity index (χ0) is 16.7. The Balaban J connectivity index is 2.58. The van der Waals surface area contributed by atoms with Gasteiger partial charge in [-0.2, -0.15) is 13.2 Å². The summed E-state index contributed by atoms with van der Waals surface area (Å²) in [6, 6.07) is 3.62. The van der Waals surface area contributed by atoms with Crippen molar-refractivity contribution in [1.29, 1.82) is 0 Å². The largest absolute Gasteiger partial charge is 0.416 e. The summed E-state index contributed by atoms with van der Waals surface area (Å²) < 4.78 is 39.0. The molecule has 0 aliphatic heterocycles. The molecule has 1 aromatic carbocycles. The fourth-order valence-corrected chi connectivity index (χ4v) is 3.12. The molecule has 0 bridgehead atoms. The first kappa shape index (κ1) is 17.5. The number of hydrogen-bond acceptors (Lipinski definition) is 1. The van der Waals surface area contributed by atoms with Gasteiger partial charge in [-0.15, -0.1) is 0 Å². The molecule has 0 saturated heterocycles. The predicted molar refractivity (Wildman–Crippen MR) is 85.8 cm³/mol. The predicted octanol–water partition coefficient (Wildman–Crippen LogP) is 6.07. The number of nitrogens with zero attached hydrogens (tertiary/aromatic N) is 1. The number of alkyl halides is 3. The Hall–Kier alpha value is -0.840. The quantitative estimate of drug-likeness (QED) is 0.610. The van der Waals surface area contributed by atoms with E-state index in [1.807, 2.05) is 0 Å². The van der Waals surface area contributed by atoms with Crippen LogP contribution in [0.1, 0.15) is 23.5 Å². The molecule has 1 aromatic rings. The fourth-order valence-electron chi connectivity index (χ4n) is 2.36. The van der Waals surface area contributed by atoms with Crippen molar-refractivity contribution in [3.05, 3.63) is 50.5 Å². The summed E-state index contributed by atoms with van der Waals surface area (Å²) in [5.74, 6) is -0.448. The second kappa shape index (κ2) is 6.34. The lowest BCUT2D eigenvalue weighted by Gasteiger charge is -2.27. The number of hydrogen-bond donors (Lipinski definition) is 0. The molecular weight excluding hydrogens is 358 g/mol. The van der Waals surface area contributed by atoms with Gasteiger partial charge in [0.05, 0.1) is 15.6 Å². The first-order valence-corrected chi connectivity index (χ1v) is 7.56. The minimum absolute atomic E-state index is 0.182. The lowest BCUT2D eigenvalue weighted by molar-refractivity contribution is -0.137. The highest BCUT2D eigenvalue weighted by Crippen LogP contribution is 2.45. The molecule has 7 heteroatoms. The van der Waals surface area contributed by atoms with Crippen LogP contribution in [0, 0.1) is 0 Å². The molecule has 0 spiro atoms. The molecule has 1 aliphatic carbocycles. The summed E-state index contributed by atoms with van der Waals surface area (Å²) in [7, 11) is 3.52. The summed E-state index contributed by atoms with van der Waals surface area (Å²) >= 11 is 18.2. The highest BCUT2D eigenvalue weighted by Gasteiger charge is 2.33. The second-order valence-corrected chi connectivity index (χ2v) is 6.36. The zero-order valence-corrected chi connectivity index (χ0v) is 14.1. The Morgan fingerprint density at radius 1 is 1.14 bits per heavy atom. The van der Waals surface area contributed by atoms with Gasteiger partial charge in [0.1, 0.15) is 0 Å². The molecule has 1 nitrogen and oxygen atoms in total. The van der Waals surface area contributed by atoms with Gasteiger partial charge < -0.3 is 4.90 Å². The lowest BCUT2D eigenvalue weighted by atomic mass is 9.89. The van der Waals surface area contributed by atoms with Gasteiger partial charge >= 0.3 is 6.18 Å². The summed E-state index contributed by atoms with van der Waals surface area (Å²) in [4.78, 5) is 1.74. The van der Waals surface area contributed by atoms with Crippen LogP contribution in [0.3, 0.4) is 0 Å². The van der Waals surface area contributed by atoms with E-state index in [0.717, 1.165) is 12.1 Å². The van der Waals surface area contributed by atoms with Crippen LogP contribution in [0.2, 0.25) is 0 Å². The molecule has 120 valence electrons. The molecule has 1 aliphatic rings. The van der Waals surface area contributed by atoms with Gasteiger partial charge in [0, 0.05) is 30.7 Å². The minimum Gasteiger partial charge on any atom is -0.377 e. The molecule has 0 amide bonds. The topological polar surface area (TPSA) is 3.24 Å². The number of rotatable bonds is 2. The van der Waals surface area contributed by atoms with Gasteiger partial charge in [-0.1, -0.05) is 40.9 Å². The average Bonchev–Trinajstić information content (AvgIpc) is 2.43. The maximum absolute atomic E-state index is 13.0. The zero-order valence-electron chi connectivity index (χ0n) is 11.8. The first-order chi connectivity index (χ1) is 10.1. The van der Waals surface area contributed by atoms with Crippen LogP contribution in [0.5, 0.6) is 0 Å². The molecule has 2 rings (SSSR count). The van der Waals surface area contributed by atoms with Crippen LogP contribution in [0.4, 0.5) is 18.9 Å². The first-order valence-electron chi connectivity index (χ1n) is 6.42. The number of anilines is 1. The van der Waals surface area contributed by atoms with Gasteiger partial charge in [0.2, 0.25) is 0 Å². The Morgan fingerprint density at radius 2 is 1.77 bits per heavy atom. The molecule has 1 unspecified atom stereocenters. The highest BCUT2D eigenvalue weighted by atomic mass is 35.5. The van der Waals surface area contributed by atoms with Gasteiger partial charge in [0.25, 0.3) is 0 Å². The highest BCUT2D eigenvalue weighted by molar-refractivity contribution is 6.48. The molecule has 22 heavy (non-hydrogen) atoms. The summed E-state index contributed by atoms with van der Waals surface area (Å²) in [5.41, 5.74) is 0.421. The van der Waals surface area contributed by atoms with E-state index in [2.05, 4.69) is 0 Å². The average molecular weight is 371 g/mol. The summed E-state index contributed by atoms with van der Waals surface area (Å²) in [6.45, 7) is 0. The maximum Gasteiger partial charge on any atom is 0.416 e.